The molecule has 0 saturated carbocycles. The fourth-order valence-electron chi connectivity index (χ4n) is 1.71. The van der Waals surface area contributed by atoms with Gasteiger partial charge < -0.3 is 15.4 Å². The molecule has 3 N–H and O–H groups in total. The molecule has 0 aliphatic rings. The first-order valence-electron chi connectivity index (χ1n) is 8.00. The second-order valence-corrected chi connectivity index (χ2v) is 7.19. The van der Waals surface area contributed by atoms with E-state index in [2.05, 4.69) is 20.1 Å². The van der Waals surface area contributed by atoms with Crippen LogP contribution >= 0.6 is 0 Å². The van der Waals surface area contributed by atoms with E-state index in [1.165, 1.54) is 12.1 Å². The number of hydrogen-bond donors (Lipinski definition) is 3. The maximum Gasteiger partial charge on any atom is 0.325 e. The molecule has 26 heavy (non-hydrogen) atoms. The number of hydrogen-bond acceptors (Lipinski definition) is 6. The van der Waals surface area contributed by atoms with Gasteiger partial charge in [0.15, 0.2) is 6.61 Å². The molecule has 0 atom stereocenters. The van der Waals surface area contributed by atoms with E-state index < -0.39 is 47.5 Å². The Morgan fingerprint density at radius 2 is 1.65 bits per heavy atom. The van der Waals surface area contributed by atoms with Crippen molar-refractivity contribution in [3.8, 4) is 0 Å². The Kier molecular flexibility index (Phi) is 8.73. The third-order valence-electron chi connectivity index (χ3n) is 3.12. The molecule has 1 aromatic carbocycles. The summed E-state index contributed by atoms with van der Waals surface area (Å²) in [6.07, 6.45) is 0.758. The van der Waals surface area contributed by atoms with Gasteiger partial charge in [-0.1, -0.05) is 24.6 Å². The first kappa shape index (κ1) is 21.6. The molecule has 10 heteroatoms. The fraction of sp³-hybridized carbons (Fsp3) is 0.438. The van der Waals surface area contributed by atoms with Gasteiger partial charge in [-0.05, 0) is 25.5 Å². The van der Waals surface area contributed by atoms with Gasteiger partial charge in [0.2, 0.25) is 15.9 Å². The first-order valence-corrected chi connectivity index (χ1v) is 9.48. The quantitative estimate of drug-likeness (QED) is 0.464. The Hall–Kier alpha value is -2.46. The van der Waals surface area contributed by atoms with Crippen LogP contribution in [-0.2, 0) is 29.1 Å². The van der Waals surface area contributed by atoms with Crippen LogP contribution in [0.1, 0.15) is 18.9 Å². The van der Waals surface area contributed by atoms with Gasteiger partial charge in [-0.3, -0.25) is 14.4 Å². The average Bonchev–Trinajstić information content (AvgIpc) is 2.61. The molecular weight excluding hydrogens is 362 g/mol. The highest BCUT2D eigenvalue weighted by atomic mass is 32.2. The third kappa shape index (κ3) is 8.08. The molecule has 0 unspecified atom stereocenters. The van der Waals surface area contributed by atoms with Crippen molar-refractivity contribution < 1.29 is 27.5 Å². The minimum absolute atomic E-state index is 0.0356. The molecule has 0 aliphatic carbocycles. The number of ether oxygens (including phenoxy) is 1. The van der Waals surface area contributed by atoms with Crippen molar-refractivity contribution in [1.82, 2.24) is 15.4 Å². The van der Waals surface area contributed by atoms with Gasteiger partial charge in [-0.25, -0.2) is 13.1 Å². The second kappa shape index (κ2) is 10.5. The van der Waals surface area contributed by atoms with Crippen LogP contribution in [0.3, 0.4) is 0 Å². The van der Waals surface area contributed by atoms with E-state index in [0.29, 0.717) is 6.54 Å². The lowest BCUT2D eigenvalue weighted by atomic mass is 10.2. The largest absolute Gasteiger partial charge is 0.454 e. The topological polar surface area (TPSA) is 131 Å². The van der Waals surface area contributed by atoms with E-state index in [0.717, 1.165) is 12.0 Å². The SMILES string of the molecule is CCCNC(=O)COC(=O)CNC(=O)CNS(=O)(=O)c1ccc(C)cc1. The van der Waals surface area contributed by atoms with Gasteiger partial charge in [0, 0.05) is 6.54 Å². The average molecular weight is 385 g/mol. The van der Waals surface area contributed by atoms with Crippen molar-refractivity contribution in [3.63, 3.8) is 0 Å². The number of amides is 2. The molecule has 0 aromatic heterocycles. The lowest BCUT2D eigenvalue weighted by molar-refractivity contribution is -0.148. The van der Waals surface area contributed by atoms with Crippen LogP contribution < -0.4 is 15.4 Å². The molecule has 0 radical (unpaired) electrons. The highest BCUT2D eigenvalue weighted by Crippen LogP contribution is 2.09. The highest BCUT2D eigenvalue weighted by Gasteiger charge is 2.16. The third-order valence-corrected chi connectivity index (χ3v) is 4.54. The second-order valence-electron chi connectivity index (χ2n) is 5.42. The van der Waals surface area contributed by atoms with Crippen molar-refractivity contribution in [1.29, 1.82) is 0 Å². The van der Waals surface area contributed by atoms with Gasteiger partial charge in [-0.2, -0.15) is 0 Å². The summed E-state index contributed by atoms with van der Waals surface area (Å²) in [5, 5.41) is 4.74. The molecular formula is C16H23N3O6S. The van der Waals surface area contributed by atoms with Crippen molar-refractivity contribution in [3.05, 3.63) is 29.8 Å². The van der Waals surface area contributed by atoms with E-state index in [-0.39, 0.29) is 4.90 Å². The van der Waals surface area contributed by atoms with E-state index in [1.807, 2.05) is 13.8 Å². The van der Waals surface area contributed by atoms with Gasteiger partial charge in [0.05, 0.1) is 11.4 Å². The summed E-state index contributed by atoms with van der Waals surface area (Å²) in [6, 6.07) is 6.13. The molecule has 0 bridgehead atoms. The Balaban J connectivity index is 2.32. The van der Waals surface area contributed by atoms with Crippen LogP contribution in [0.5, 0.6) is 0 Å². The van der Waals surface area contributed by atoms with Crippen molar-refractivity contribution in [2.75, 3.05) is 26.2 Å². The maximum absolute atomic E-state index is 12.0. The molecule has 144 valence electrons. The molecule has 0 fully saturated rings. The van der Waals surface area contributed by atoms with Crippen LogP contribution in [0.2, 0.25) is 0 Å². The van der Waals surface area contributed by atoms with Gasteiger partial charge in [0.25, 0.3) is 5.91 Å². The zero-order valence-electron chi connectivity index (χ0n) is 14.7. The number of esters is 1. The summed E-state index contributed by atoms with van der Waals surface area (Å²) in [7, 11) is -3.82. The van der Waals surface area contributed by atoms with Crippen LogP contribution in [0.4, 0.5) is 0 Å². The summed E-state index contributed by atoms with van der Waals surface area (Å²) >= 11 is 0. The van der Waals surface area contributed by atoms with Gasteiger partial charge >= 0.3 is 5.97 Å². The monoisotopic (exact) mass is 385 g/mol. The lowest BCUT2D eigenvalue weighted by Crippen LogP contribution is -2.40. The molecule has 1 rings (SSSR count). The summed E-state index contributed by atoms with van der Waals surface area (Å²) in [4.78, 5) is 34.4. The standard InChI is InChI=1S/C16H23N3O6S/c1-3-8-17-15(21)11-25-16(22)10-18-14(20)9-19-26(23,24)13-6-4-12(2)5-7-13/h4-7,19H,3,8-11H2,1-2H3,(H,17,21)(H,18,20). The zero-order valence-corrected chi connectivity index (χ0v) is 15.5. The number of aryl methyl sites for hydroxylation is 1. The molecule has 0 saturated heterocycles. The summed E-state index contributed by atoms with van der Waals surface area (Å²) in [5.74, 6) is -1.93. The number of benzene rings is 1. The molecule has 2 amide bonds. The van der Waals surface area contributed by atoms with Crippen LogP contribution in [0.15, 0.2) is 29.2 Å². The van der Waals surface area contributed by atoms with Crippen molar-refractivity contribution in [2.45, 2.75) is 25.2 Å². The lowest BCUT2D eigenvalue weighted by Gasteiger charge is -2.08. The van der Waals surface area contributed by atoms with E-state index in [1.54, 1.807) is 12.1 Å². The minimum Gasteiger partial charge on any atom is -0.454 e. The minimum atomic E-state index is -3.82. The number of nitrogens with one attached hydrogen (secondary N) is 3. The smallest absolute Gasteiger partial charge is 0.325 e. The zero-order chi connectivity index (χ0) is 19.6. The Bertz CT molecular complexity index is 731. The predicted molar refractivity (Wildman–Crippen MR) is 93.6 cm³/mol. The molecule has 0 heterocycles. The maximum atomic E-state index is 12.0. The van der Waals surface area contributed by atoms with Crippen LogP contribution in [0, 0.1) is 6.92 Å². The number of rotatable bonds is 10. The van der Waals surface area contributed by atoms with E-state index >= 15 is 0 Å². The molecule has 0 spiro atoms. The van der Waals surface area contributed by atoms with Gasteiger partial charge in [-0.15, -0.1) is 0 Å². The number of carbonyl (C=O) groups excluding carboxylic acids is 3. The van der Waals surface area contributed by atoms with Crippen LogP contribution in [-0.4, -0.2) is 52.4 Å². The Morgan fingerprint density at radius 3 is 2.27 bits per heavy atom. The molecule has 1 aromatic rings. The fourth-order valence-corrected chi connectivity index (χ4v) is 2.69. The molecule has 9 nitrogen and oxygen atoms in total. The summed E-state index contributed by atoms with van der Waals surface area (Å²) < 4.78 is 30.9. The number of sulfonamides is 1. The van der Waals surface area contributed by atoms with E-state index in [4.69, 9.17) is 0 Å². The highest BCUT2D eigenvalue weighted by molar-refractivity contribution is 7.89. The normalized spacial score (nSPS) is 10.8. The summed E-state index contributed by atoms with van der Waals surface area (Å²) in [6.45, 7) is 2.76. The predicted octanol–water partition coefficient (Wildman–Crippen LogP) is -0.541. The van der Waals surface area contributed by atoms with Crippen molar-refractivity contribution >= 4 is 27.8 Å². The van der Waals surface area contributed by atoms with Crippen LogP contribution in [0.25, 0.3) is 0 Å². The van der Waals surface area contributed by atoms with E-state index in [9.17, 15) is 22.8 Å². The first-order chi connectivity index (χ1) is 12.2. The van der Waals surface area contributed by atoms with Gasteiger partial charge in [0.1, 0.15) is 6.54 Å². The Labute approximate surface area is 152 Å². The molecule has 0 aliphatic heterocycles. The summed E-state index contributed by atoms with van der Waals surface area (Å²) in [5.41, 5.74) is 0.906. The van der Waals surface area contributed by atoms with Crippen molar-refractivity contribution in [2.24, 2.45) is 0 Å². The Morgan fingerprint density at radius 1 is 1.00 bits per heavy atom. The number of carbonyl (C=O) groups is 3.